The molecule has 0 fully saturated rings. The van der Waals surface area contributed by atoms with Gasteiger partial charge in [0, 0.05) is 6.54 Å². The zero-order valence-electron chi connectivity index (χ0n) is 16.4. The van der Waals surface area contributed by atoms with Crippen molar-refractivity contribution in [1.29, 1.82) is 0 Å². The second-order valence-corrected chi connectivity index (χ2v) is 6.72. The first-order valence-electron chi connectivity index (χ1n) is 10.5. The van der Waals surface area contributed by atoms with Crippen molar-refractivity contribution in [3.63, 3.8) is 0 Å². The highest BCUT2D eigenvalue weighted by atomic mass is 16.5. The van der Waals surface area contributed by atoms with Crippen LogP contribution in [-0.4, -0.2) is 31.0 Å². The molecule has 4 heteroatoms. The van der Waals surface area contributed by atoms with Gasteiger partial charge in [0.15, 0.2) is 0 Å². The highest BCUT2D eigenvalue weighted by Gasteiger charge is 1.99. The summed E-state index contributed by atoms with van der Waals surface area (Å²) >= 11 is 0. The molecule has 0 aliphatic heterocycles. The summed E-state index contributed by atoms with van der Waals surface area (Å²) in [5.41, 5.74) is 0. The van der Waals surface area contributed by atoms with Crippen molar-refractivity contribution >= 4 is 6.09 Å². The van der Waals surface area contributed by atoms with Crippen molar-refractivity contribution in [1.82, 2.24) is 5.32 Å². The van der Waals surface area contributed by atoms with Crippen LogP contribution in [0, 0.1) is 0 Å². The van der Waals surface area contributed by atoms with E-state index in [1.807, 2.05) is 0 Å². The van der Waals surface area contributed by atoms with E-state index in [2.05, 4.69) is 24.4 Å². The Kier molecular flexibility index (Phi) is 20.1. The fraction of sp³-hybridized carbons (Fsp3) is 0.857. The topological polar surface area (TPSA) is 58.6 Å². The fourth-order valence-electron chi connectivity index (χ4n) is 2.72. The Morgan fingerprint density at radius 3 is 1.92 bits per heavy atom. The third-order valence-electron chi connectivity index (χ3n) is 4.27. The molecule has 0 unspecified atom stereocenters. The fourth-order valence-corrected chi connectivity index (χ4v) is 2.72. The first-order chi connectivity index (χ1) is 12.3. The van der Waals surface area contributed by atoms with Crippen LogP contribution >= 0.6 is 0 Å². The number of unbranched alkanes of at least 4 members (excludes halogenated alkanes) is 12. The van der Waals surface area contributed by atoms with Crippen molar-refractivity contribution in [2.45, 2.75) is 96.8 Å². The second-order valence-electron chi connectivity index (χ2n) is 6.72. The number of aliphatic hydroxyl groups excluding tert-OH is 1. The molecule has 0 rings (SSSR count). The molecule has 0 aromatic carbocycles. The SMILES string of the molecule is CCCCCCCCC/C=C/CCCCCCCOC(=O)NCCO. The van der Waals surface area contributed by atoms with E-state index < -0.39 is 6.09 Å². The Bertz CT molecular complexity index is 306. The van der Waals surface area contributed by atoms with Crippen molar-refractivity contribution in [3.05, 3.63) is 12.2 Å². The van der Waals surface area contributed by atoms with Gasteiger partial charge in [0.25, 0.3) is 0 Å². The van der Waals surface area contributed by atoms with Gasteiger partial charge >= 0.3 is 6.09 Å². The summed E-state index contributed by atoms with van der Waals surface area (Å²) in [6, 6.07) is 0. The minimum atomic E-state index is -0.430. The van der Waals surface area contributed by atoms with Crippen LogP contribution in [0.2, 0.25) is 0 Å². The standard InChI is InChI=1S/C21H41NO3/c1-2-3-4-5-6-7-8-9-10-11-12-13-14-15-16-17-20-25-21(24)22-18-19-23/h10-11,23H,2-9,12-20H2,1H3,(H,22,24)/b11-10+. The molecule has 0 bridgehead atoms. The summed E-state index contributed by atoms with van der Waals surface area (Å²) in [5, 5.41) is 11.0. The lowest BCUT2D eigenvalue weighted by atomic mass is 10.1. The maximum atomic E-state index is 11.1. The first-order valence-corrected chi connectivity index (χ1v) is 10.5. The Balaban J connectivity index is 3.14. The van der Waals surface area contributed by atoms with Crippen LogP contribution in [0.5, 0.6) is 0 Å². The number of ether oxygens (including phenoxy) is 1. The van der Waals surface area contributed by atoms with Crippen LogP contribution in [0.3, 0.4) is 0 Å². The van der Waals surface area contributed by atoms with Crippen LogP contribution in [-0.2, 0) is 4.74 Å². The summed E-state index contributed by atoms with van der Waals surface area (Å²) in [7, 11) is 0. The number of aliphatic hydroxyl groups is 1. The van der Waals surface area contributed by atoms with Gasteiger partial charge in [0.05, 0.1) is 13.2 Å². The number of carbonyl (C=O) groups is 1. The number of alkyl carbamates (subject to hydrolysis) is 1. The number of amides is 1. The summed E-state index contributed by atoms with van der Waals surface area (Å²) in [6.45, 7) is 2.94. The van der Waals surface area contributed by atoms with Crippen molar-refractivity contribution in [2.24, 2.45) is 0 Å². The first kappa shape index (κ1) is 24.0. The predicted molar refractivity (Wildman–Crippen MR) is 106 cm³/mol. The quantitative estimate of drug-likeness (QED) is 0.243. The van der Waals surface area contributed by atoms with Gasteiger partial charge in [-0.15, -0.1) is 0 Å². The third-order valence-corrected chi connectivity index (χ3v) is 4.27. The number of rotatable bonds is 18. The van der Waals surface area contributed by atoms with Gasteiger partial charge in [0.2, 0.25) is 0 Å². The van der Waals surface area contributed by atoms with Gasteiger partial charge in [-0.3, -0.25) is 0 Å². The molecule has 4 nitrogen and oxygen atoms in total. The van der Waals surface area contributed by atoms with Crippen molar-refractivity contribution in [3.8, 4) is 0 Å². The Hall–Kier alpha value is -1.03. The molecule has 0 saturated heterocycles. The molecular weight excluding hydrogens is 314 g/mol. The van der Waals surface area contributed by atoms with Crippen LogP contribution < -0.4 is 5.32 Å². The largest absolute Gasteiger partial charge is 0.450 e. The number of hydrogen-bond acceptors (Lipinski definition) is 3. The van der Waals surface area contributed by atoms with E-state index in [1.54, 1.807) is 0 Å². The lowest BCUT2D eigenvalue weighted by Gasteiger charge is -2.05. The average Bonchev–Trinajstić information content (AvgIpc) is 2.62. The highest BCUT2D eigenvalue weighted by molar-refractivity contribution is 5.66. The lowest BCUT2D eigenvalue weighted by Crippen LogP contribution is -2.27. The Morgan fingerprint density at radius 2 is 1.36 bits per heavy atom. The molecular formula is C21H41NO3. The smallest absolute Gasteiger partial charge is 0.407 e. The van der Waals surface area contributed by atoms with E-state index >= 15 is 0 Å². The Morgan fingerprint density at radius 1 is 0.840 bits per heavy atom. The molecule has 0 aliphatic rings. The maximum Gasteiger partial charge on any atom is 0.407 e. The molecule has 0 aromatic rings. The van der Waals surface area contributed by atoms with Crippen LogP contribution in [0.4, 0.5) is 4.79 Å². The van der Waals surface area contributed by atoms with Crippen LogP contribution in [0.25, 0.3) is 0 Å². The van der Waals surface area contributed by atoms with Gasteiger partial charge < -0.3 is 15.2 Å². The third kappa shape index (κ3) is 20.9. The molecule has 0 saturated carbocycles. The highest BCUT2D eigenvalue weighted by Crippen LogP contribution is 2.10. The monoisotopic (exact) mass is 355 g/mol. The second kappa shape index (κ2) is 21.0. The molecule has 0 aromatic heterocycles. The zero-order valence-corrected chi connectivity index (χ0v) is 16.4. The molecule has 0 atom stereocenters. The van der Waals surface area contributed by atoms with E-state index in [4.69, 9.17) is 9.84 Å². The van der Waals surface area contributed by atoms with Gasteiger partial charge in [-0.1, -0.05) is 76.9 Å². The van der Waals surface area contributed by atoms with Gasteiger partial charge in [-0.05, 0) is 32.1 Å². The van der Waals surface area contributed by atoms with Crippen molar-refractivity contribution in [2.75, 3.05) is 19.8 Å². The molecule has 0 spiro atoms. The normalized spacial score (nSPS) is 11.1. The van der Waals surface area contributed by atoms with Crippen LogP contribution in [0.1, 0.15) is 96.8 Å². The Labute approximate surface area is 155 Å². The van der Waals surface area contributed by atoms with Crippen LogP contribution in [0.15, 0.2) is 12.2 Å². The summed E-state index contributed by atoms with van der Waals surface area (Å²) < 4.78 is 4.99. The number of allylic oxidation sites excluding steroid dienone is 2. The number of nitrogens with one attached hydrogen (secondary N) is 1. The van der Waals surface area contributed by atoms with E-state index in [1.165, 1.54) is 77.0 Å². The van der Waals surface area contributed by atoms with E-state index in [9.17, 15) is 4.79 Å². The minimum Gasteiger partial charge on any atom is -0.450 e. The average molecular weight is 356 g/mol. The van der Waals surface area contributed by atoms with E-state index in [0.717, 1.165) is 12.8 Å². The molecule has 148 valence electrons. The van der Waals surface area contributed by atoms with Gasteiger partial charge in [0.1, 0.15) is 0 Å². The number of carbonyl (C=O) groups excluding carboxylic acids is 1. The predicted octanol–water partition coefficient (Wildman–Crippen LogP) is 5.74. The molecule has 0 aliphatic carbocycles. The van der Waals surface area contributed by atoms with Gasteiger partial charge in [-0.2, -0.15) is 0 Å². The molecule has 2 N–H and O–H groups in total. The summed E-state index contributed by atoms with van der Waals surface area (Å²) in [6.07, 6.45) is 22.1. The summed E-state index contributed by atoms with van der Waals surface area (Å²) in [4.78, 5) is 11.1. The number of hydrogen-bond donors (Lipinski definition) is 2. The van der Waals surface area contributed by atoms with Gasteiger partial charge in [-0.25, -0.2) is 4.79 Å². The van der Waals surface area contributed by atoms with E-state index in [-0.39, 0.29) is 13.2 Å². The maximum absolute atomic E-state index is 11.1. The zero-order chi connectivity index (χ0) is 18.4. The summed E-state index contributed by atoms with van der Waals surface area (Å²) in [5.74, 6) is 0. The molecule has 0 radical (unpaired) electrons. The molecule has 0 heterocycles. The minimum absolute atomic E-state index is 0.0530. The van der Waals surface area contributed by atoms with Crippen molar-refractivity contribution < 1.29 is 14.6 Å². The lowest BCUT2D eigenvalue weighted by molar-refractivity contribution is 0.141. The van der Waals surface area contributed by atoms with E-state index in [0.29, 0.717) is 6.61 Å². The molecule has 25 heavy (non-hydrogen) atoms. The molecule has 1 amide bonds.